The number of carbonyl (C=O) groups excluding carboxylic acids is 1. The van der Waals surface area contributed by atoms with E-state index in [1.165, 1.54) is 18.2 Å². The molecule has 4 atom stereocenters. The summed E-state index contributed by atoms with van der Waals surface area (Å²) in [6.07, 6.45) is -0.277. The minimum Gasteiger partial charge on any atom is -0.384 e. The molecule has 10 heteroatoms. The van der Waals surface area contributed by atoms with E-state index in [0.717, 1.165) is 5.56 Å². The molecule has 0 heterocycles. The van der Waals surface area contributed by atoms with Crippen LogP contribution >= 0.6 is 69.6 Å². The van der Waals surface area contributed by atoms with Gasteiger partial charge >= 0.3 is 0 Å². The summed E-state index contributed by atoms with van der Waals surface area (Å²) in [6, 6.07) is 25.2. The Morgan fingerprint density at radius 2 is 1.25 bits per heavy atom. The fraction of sp³-hybridized carbons (Fsp3) is 0.206. The molecular formula is C34H22Cl6N2O2. The highest BCUT2D eigenvalue weighted by molar-refractivity contribution is 6.36. The summed E-state index contributed by atoms with van der Waals surface area (Å²) < 4.78 is 0. The first-order valence-corrected chi connectivity index (χ1v) is 15.6. The van der Waals surface area contributed by atoms with E-state index in [9.17, 15) is 20.4 Å². The van der Waals surface area contributed by atoms with Gasteiger partial charge in [0, 0.05) is 53.1 Å². The van der Waals surface area contributed by atoms with Crippen molar-refractivity contribution in [2.45, 2.75) is 30.8 Å². The van der Waals surface area contributed by atoms with Crippen molar-refractivity contribution in [1.82, 2.24) is 0 Å². The fourth-order valence-corrected chi connectivity index (χ4v) is 8.01. The molecule has 0 aliphatic heterocycles. The number of aliphatic hydroxyl groups is 1. The van der Waals surface area contributed by atoms with Crippen LogP contribution in [0.15, 0.2) is 78.9 Å². The van der Waals surface area contributed by atoms with Crippen LogP contribution in [0.5, 0.6) is 0 Å². The van der Waals surface area contributed by atoms with Crippen LogP contribution in [0.4, 0.5) is 0 Å². The normalized spacial score (nSPS) is 22.5. The van der Waals surface area contributed by atoms with Crippen molar-refractivity contribution in [1.29, 1.82) is 10.5 Å². The second-order valence-electron chi connectivity index (χ2n) is 10.9. The average molecular weight is 703 g/mol. The van der Waals surface area contributed by atoms with Gasteiger partial charge in [-0.3, -0.25) is 4.79 Å². The van der Waals surface area contributed by atoms with Gasteiger partial charge in [-0.05, 0) is 60.9 Å². The van der Waals surface area contributed by atoms with Crippen LogP contribution in [-0.4, -0.2) is 10.9 Å². The van der Waals surface area contributed by atoms with Gasteiger partial charge in [-0.2, -0.15) is 10.5 Å². The first kappa shape index (κ1) is 32.6. The van der Waals surface area contributed by atoms with Crippen molar-refractivity contribution < 1.29 is 9.90 Å². The molecule has 4 aromatic rings. The van der Waals surface area contributed by atoms with Crippen molar-refractivity contribution >= 4 is 75.4 Å². The molecule has 5 rings (SSSR count). The molecule has 222 valence electrons. The van der Waals surface area contributed by atoms with Gasteiger partial charge in [0.25, 0.3) is 0 Å². The third-order valence-electron chi connectivity index (χ3n) is 8.42. The zero-order valence-corrected chi connectivity index (χ0v) is 27.5. The number of benzene rings is 4. The third kappa shape index (κ3) is 5.60. The Morgan fingerprint density at radius 3 is 1.75 bits per heavy atom. The maximum absolute atomic E-state index is 14.8. The number of Topliss-reactive ketones (excluding diaryl/α,β-unsaturated/α-hetero) is 1. The Hall–Kier alpha value is -2.77. The first-order valence-electron chi connectivity index (χ1n) is 13.4. The van der Waals surface area contributed by atoms with Crippen LogP contribution in [0.3, 0.4) is 0 Å². The van der Waals surface area contributed by atoms with Crippen molar-refractivity contribution in [3.63, 3.8) is 0 Å². The minimum atomic E-state index is -2.05. The molecule has 1 saturated carbocycles. The number of ketones is 1. The van der Waals surface area contributed by atoms with Crippen LogP contribution in [0.25, 0.3) is 0 Å². The number of carbonyl (C=O) groups is 1. The molecule has 0 unspecified atom stereocenters. The molecule has 0 aromatic heterocycles. The summed E-state index contributed by atoms with van der Waals surface area (Å²) in [5.41, 5.74) is -1.97. The lowest BCUT2D eigenvalue weighted by Gasteiger charge is -2.53. The molecular weight excluding hydrogens is 681 g/mol. The summed E-state index contributed by atoms with van der Waals surface area (Å²) in [6.45, 7) is 1.88. The molecule has 0 amide bonds. The van der Waals surface area contributed by atoms with Gasteiger partial charge in [-0.25, -0.2) is 0 Å². The predicted molar refractivity (Wildman–Crippen MR) is 176 cm³/mol. The van der Waals surface area contributed by atoms with Crippen molar-refractivity contribution in [3.05, 3.63) is 137 Å². The predicted octanol–water partition coefficient (Wildman–Crippen LogP) is 10.6. The second-order valence-corrected chi connectivity index (χ2v) is 13.4. The number of hydrogen-bond acceptors (Lipinski definition) is 4. The zero-order chi connectivity index (χ0) is 32.0. The van der Waals surface area contributed by atoms with E-state index in [4.69, 9.17) is 69.6 Å². The summed E-state index contributed by atoms with van der Waals surface area (Å²) in [4.78, 5) is 14.8. The lowest BCUT2D eigenvalue weighted by atomic mass is 9.48. The van der Waals surface area contributed by atoms with E-state index in [0.29, 0.717) is 20.6 Å². The van der Waals surface area contributed by atoms with Gasteiger partial charge in [0.05, 0.1) is 18.1 Å². The van der Waals surface area contributed by atoms with Gasteiger partial charge in [0.2, 0.25) is 0 Å². The number of nitrogens with zero attached hydrogens (tertiary/aromatic N) is 2. The molecule has 0 bridgehead atoms. The number of nitriles is 2. The van der Waals surface area contributed by atoms with Gasteiger partial charge in [-0.15, -0.1) is 0 Å². The molecule has 0 radical (unpaired) electrons. The Morgan fingerprint density at radius 1 is 0.750 bits per heavy atom. The molecule has 0 saturated heterocycles. The Kier molecular flexibility index (Phi) is 9.31. The fourth-order valence-electron chi connectivity index (χ4n) is 6.38. The van der Waals surface area contributed by atoms with E-state index in [-0.39, 0.29) is 38.2 Å². The Balaban J connectivity index is 1.92. The van der Waals surface area contributed by atoms with Crippen LogP contribution in [0.2, 0.25) is 30.1 Å². The molecule has 1 fully saturated rings. The summed E-state index contributed by atoms with van der Waals surface area (Å²) >= 11 is 39.0. The van der Waals surface area contributed by atoms with E-state index in [1.54, 1.807) is 60.7 Å². The monoisotopic (exact) mass is 700 g/mol. The lowest BCUT2D eigenvalue weighted by molar-refractivity contribution is -0.0782. The molecule has 4 nitrogen and oxygen atoms in total. The number of hydrogen-bond donors (Lipinski definition) is 1. The van der Waals surface area contributed by atoms with E-state index in [2.05, 4.69) is 12.1 Å². The van der Waals surface area contributed by atoms with Crippen LogP contribution in [0, 0.1) is 40.9 Å². The smallest absolute Gasteiger partial charge is 0.169 e. The summed E-state index contributed by atoms with van der Waals surface area (Å²) in [5.74, 6) is -4.27. The number of halogens is 6. The van der Waals surface area contributed by atoms with E-state index < -0.39 is 34.6 Å². The standard InChI is InChI=1S/C34H22Cl6N2O2/c1-18-2-4-19(5-3-18)32(43)31-30(24-10-7-21(36)13-28(24)39)33(16-41,17-42)26(23-9-6-20(35)12-27(23)38)15-34(31,44)25-11-8-22(37)14-29(25)40/h2-14,26,30-31,44H,15H2,1H3/t26-,30-,31+,34-/m1/s1. The largest absolute Gasteiger partial charge is 0.384 e. The number of rotatable bonds is 5. The Bertz CT molecular complexity index is 1850. The van der Waals surface area contributed by atoms with Gasteiger partial charge in [0.1, 0.15) is 5.60 Å². The van der Waals surface area contributed by atoms with Gasteiger partial charge in [-0.1, -0.05) is 118 Å². The van der Waals surface area contributed by atoms with Crippen LogP contribution < -0.4 is 0 Å². The molecule has 4 aromatic carbocycles. The number of aryl methyl sites for hydroxylation is 1. The zero-order valence-electron chi connectivity index (χ0n) is 23.0. The average Bonchev–Trinajstić information content (AvgIpc) is 2.97. The van der Waals surface area contributed by atoms with Gasteiger partial charge in [0.15, 0.2) is 11.2 Å². The third-order valence-corrected chi connectivity index (χ3v) is 10.1. The molecule has 1 aliphatic carbocycles. The van der Waals surface area contributed by atoms with Crippen LogP contribution in [0.1, 0.15) is 50.9 Å². The summed E-state index contributed by atoms with van der Waals surface area (Å²) in [7, 11) is 0. The molecule has 1 N–H and O–H groups in total. The van der Waals surface area contributed by atoms with Crippen molar-refractivity contribution in [2.24, 2.45) is 11.3 Å². The maximum atomic E-state index is 14.8. The minimum absolute atomic E-state index is 0.102. The topological polar surface area (TPSA) is 84.9 Å². The summed E-state index contributed by atoms with van der Waals surface area (Å²) in [5, 5.41) is 36.4. The molecule has 1 aliphatic rings. The molecule has 0 spiro atoms. The highest BCUT2D eigenvalue weighted by Gasteiger charge is 2.65. The highest BCUT2D eigenvalue weighted by atomic mass is 35.5. The van der Waals surface area contributed by atoms with E-state index in [1.807, 2.05) is 6.92 Å². The van der Waals surface area contributed by atoms with Crippen LogP contribution in [-0.2, 0) is 5.60 Å². The van der Waals surface area contributed by atoms with E-state index >= 15 is 0 Å². The Labute approximate surface area is 285 Å². The first-order chi connectivity index (χ1) is 20.9. The lowest BCUT2D eigenvalue weighted by Crippen LogP contribution is -2.56. The maximum Gasteiger partial charge on any atom is 0.169 e. The van der Waals surface area contributed by atoms with Crippen molar-refractivity contribution in [3.8, 4) is 12.1 Å². The SMILES string of the molecule is Cc1ccc(C(=O)[C@@H]2[C@@H](c3ccc(Cl)cc3Cl)C(C#N)(C#N)[C@@H](c3ccc(Cl)cc3Cl)C[C@@]2(O)c2ccc(Cl)cc2Cl)cc1. The second kappa shape index (κ2) is 12.6. The van der Waals surface area contributed by atoms with Gasteiger partial charge < -0.3 is 5.11 Å². The van der Waals surface area contributed by atoms with Crippen molar-refractivity contribution in [2.75, 3.05) is 0 Å². The highest BCUT2D eigenvalue weighted by Crippen LogP contribution is 2.65. The molecule has 44 heavy (non-hydrogen) atoms. The quantitative estimate of drug-likeness (QED) is 0.210.